The van der Waals surface area contributed by atoms with E-state index in [1.165, 1.54) is 5.56 Å². The number of hydrogen-bond donors (Lipinski definition) is 1. The van der Waals surface area contributed by atoms with E-state index in [1.54, 1.807) is 0 Å². The maximum absolute atomic E-state index is 5.91. The average Bonchev–Trinajstić information content (AvgIpc) is 2.95. The van der Waals surface area contributed by atoms with Crippen LogP contribution in [0.25, 0.3) is 11.4 Å². The smallest absolute Gasteiger partial charge is 0.227 e. The van der Waals surface area contributed by atoms with Gasteiger partial charge in [-0.1, -0.05) is 47.6 Å². The third kappa shape index (κ3) is 2.69. The topological polar surface area (TPSA) is 64.9 Å². The molecular formula is C16H15N3O. The molecule has 0 fully saturated rings. The van der Waals surface area contributed by atoms with E-state index >= 15 is 0 Å². The summed E-state index contributed by atoms with van der Waals surface area (Å²) in [5.74, 6) is 1.18. The van der Waals surface area contributed by atoms with Crippen LogP contribution in [0.1, 0.15) is 11.5 Å². The Morgan fingerprint density at radius 1 is 0.900 bits per heavy atom. The van der Waals surface area contributed by atoms with Gasteiger partial charge in [0.15, 0.2) is 0 Å². The van der Waals surface area contributed by atoms with Crippen molar-refractivity contribution < 1.29 is 4.52 Å². The van der Waals surface area contributed by atoms with Crippen molar-refractivity contribution in [3.05, 3.63) is 66.1 Å². The predicted octanol–water partition coefficient (Wildman–Crippen LogP) is 3.10. The number of hydrogen-bond acceptors (Lipinski definition) is 4. The van der Waals surface area contributed by atoms with Crippen molar-refractivity contribution in [2.24, 2.45) is 0 Å². The van der Waals surface area contributed by atoms with Gasteiger partial charge < -0.3 is 10.3 Å². The van der Waals surface area contributed by atoms with Gasteiger partial charge in [0, 0.05) is 17.7 Å². The lowest BCUT2D eigenvalue weighted by molar-refractivity contribution is 0.379. The summed E-state index contributed by atoms with van der Waals surface area (Å²) < 4.78 is 5.28. The van der Waals surface area contributed by atoms with Gasteiger partial charge in [0.2, 0.25) is 11.7 Å². The second kappa shape index (κ2) is 5.57. The van der Waals surface area contributed by atoms with E-state index in [0.717, 1.165) is 18.4 Å². The first-order chi connectivity index (χ1) is 9.83. The minimum Gasteiger partial charge on any atom is -0.398 e. The first-order valence-corrected chi connectivity index (χ1v) is 6.54. The highest BCUT2D eigenvalue weighted by molar-refractivity contribution is 5.70. The third-order valence-electron chi connectivity index (χ3n) is 3.14. The number of nitrogen functional groups attached to an aromatic ring is 1. The molecule has 2 aromatic carbocycles. The van der Waals surface area contributed by atoms with Gasteiger partial charge in [0.25, 0.3) is 0 Å². The maximum Gasteiger partial charge on any atom is 0.227 e. The second-order valence-electron chi connectivity index (χ2n) is 4.58. The lowest BCUT2D eigenvalue weighted by atomic mass is 10.1. The Balaban J connectivity index is 1.73. The van der Waals surface area contributed by atoms with Crippen molar-refractivity contribution >= 4 is 5.69 Å². The van der Waals surface area contributed by atoms with Gasteiger partial charge in [-0.05, 0) is 24.1 Å². The summed E-state index contributed by atoms with van der Waals surface area (Å²) in [5, 5.41) is 3.99. The number of aromatic nitrogens is 2. The predicted molar refractivity (Wildman–Crippen MR) is 78.0 cm³/mol. The maximum atomic E-state index is 5.91. The monoisotopic (exact) mass is 265 g/mol. The zero-order valence-corrected chi connectivity index (χ0v) is 11.0. The van der Waals surface area contributed by atoms with Gasteiger partial charge in [0.05, 0.1) is 0 Å². The molecule has 0 unspecified atom stereocenters. The highest BCUT2D eigenvalue weighted by atomic mass is 16.5. The Kier molecular flexibility index (Phi) is 3.46. The third-order valence-corrected chi connectivity index (χ3v) is 3.14. The number of anilines is 1. The van der Waals surface area contributed by atoms with E-state index in [1.807, 2.05) is 42.5 Å². The Morgan fingerprint density at radius 2 is 1.65 bits per heavy atom. The molecule has 0 radical (unpaired) electrons. The minimum atomic E-state index is 0.547. The SMILES string of the molecule is Nc1ccccc1-c1noc(CCc2ccccc2)n1. The standard InChI is InChI=1S/C16H15N3O/c17-14-9-5-4-8-13(14)16-18-15(20-19-16)11-10-12-6-2-1-3-7-12/h1-9H,10-11,17H2. The summed E-state index contributed by atoms with van der Waals surface area (Å²) in [5.41, 5.74) is 8.62. The van der Waals surface area contributed by atoms with E-state index in [9.17, 15) is 0 Å². The number of aryl methyl sites for hydroxylation is 2. The fraction of sp³-hybridized carbons (Fsp3) is 0.125. The van der Waals surface area contributed by atoms with Gasteiger partial charge in [-0.2, -0.15) is 4.98 Å². The van der Waals surface area contributed by atoms with E-state index in [4.69, 9.17) is 10.3 Å². The number of para-hydroxylation sites is 1. The van der Waals surface area contributed by atoms with Crippen LogP contribution >= 0.6 is 0 Å². The fourth-order valence-corrected chi connectivity index (χ4v) is 2.06. The van der Waals surface area contributed by atoms with Crippen LogP contribution in [0.3, 0.4) is 0 Å². The number of nitrogens with two attached hydrogens (primary N) is 1. The summed E-state index contributed by atoms with van der Waals surface area (Å²) in [4.78, 5) is 4.40. The van der Waals surface area contributed by atoms with Gasteiger partial charge in [-0.15, -0.1) is 0 Å². The summed E-state index contributed by atoms with van der Waals surface area (Å²) in [6, 6.07) is 17.8. The lowest BCUT2D eigenvalue weighted by Gasteiger charge is -1.98. The van der Waals surface area contributed by atoms with Crippen LogP contribution in [-0.2, 0) is 12.8 Å². The first-order valence-electron chi connectivity index (χ1n) is 6.54. The Morgan fingerprint density at radius 3 is 2.45 bits per heavy atom. The van der Waals surface area contributed by atoms with E-state index < -0.39 is 0 Å². The molecule has 0 atom stereocenters. The highest BCUT2D eigenvalue weighted by Crippen LogP contribution is 2.22. The highest BCUT2D eigenvalue weighted by Gasteiger charge is 2.10. The van der Waals surface area contributed by atoms with Crippen LogP contribution in [0.2, 0.25) is 0 Å². The van der Waals surface area contributed by atoms with E-state index in [2.05, 4.69) is 22.3 Å². The Hall–Kier alpha value is -2.62. The number of nitrogens with zero attached hydrogens (tertiary/aromatic N) is 2. The molecule has 0 bridgehead atoms. The molecular weight excluding hydrogens is 250 g/mol. The zero-order chi connectivity index (χ0) is 13.8. The van der Waals surface area contributed by atoms with Crippen LogP contribution in [0, 0.1) is 0 Å². The van der Waals surface area contributed by atoms with E-state index in [-0.39, 0.29) is 0 Å². The van der Waals surface area contributed by atoms with Crippen molar-refractivity contribution in [2.75, 3.05) is 5.73 Å². The minimum absolute atomic E-state index is 0.547. The summed E-state index contributed by atoms with van der Waals surface area (Å²) >= 11 is 0. The molecule has 0 aliphatic carbocycles. The van der Waals surface area contributed by atoms with Crippen LogP contribution in [-0.4, -0.2) is 10.1 Å². The molecule has 0 saturated carbocycles. The van der Waals surface area contributed by atoms with Gasteiger partial charge >= 0.3 is 0 Å². The lowest BCUT2D eigenvalue weighted by Crippen LogP contribution is -1.93. The molecule has 4 nitrogen and oxygen atoms in total. The molecule has 2 N–H and O–H groups in total. The zero-order valence-electron chi connectivity index (χ0n) is 11.0. The normalized spacial score (nSPS) is 10.6. The fourth-order valence-electron chi connectivity index (χ4n) is 2.06. The number of rotatable bonds is 4. The van der Waals surface area contributed by atoms with E-state index in [0.29, 0.717) is 17.4 Å². The summed E-state index contributed by atoms with van der Waals surface area (Å²) in [6.07, 6.45) is 1.61. The van der Waals surface area contributed by atoms with Crippen LogP contribution < -0.4 is 5.73 Å². The van der Waals surface area contributed by atoms with Crippen LogP contribution in [0.4, 0.5) is 5.69 Å². The van der Waals surface area contributed by atoms with Crippen LogP contribution in [0.15, 0.2) is 59.1 Å². The summed E-state index contributed by atoms with van der Waals surface area (Å²) in [7, 11) is 0. The van der Waals surface area contributed by atoms with Crippen LogP contribution in [0.5, 0.6) is 0 Å². The first kappa shape index (κ1) is 12.4. The van der Waals surface area contributed by atoms with Gasteiger partial charge in [-0.25, -0.2) is 0 Å². The second-order valence-corrected chi connectivity index (χ2v) is 4.58. The largest absolute Gasteiger partial charge is 0.398 e. The molecule has 3 rings (SSSR count). The van der Waals surface area contributed by atoms with Crippen molar-refractivity contribution in [1.82, 2.24) is 10.1 Å². The molecule has 1 aromatic heterocycles. The molecule has 0 saturated heterocycles. The molecule has 0 aliphatic rings. The van der Waals surface area contributed by atoms with Gasteiger partial charge in [-0.3, -0.25) is 0 Å². The van der Waals surface area contributed by atoms with Crippen molar-refractivity contribution in [2.45, 2.75) is 12.8 Å². The molecule has 4 heteroatoms. The molecule has 100 valence electrons. The Labute approximate surface area is 117 Å². The molecule has 0 aliphatic heterocycles. The molecule has 20 heavy (non-hydrogen) atoms. The molecule has 0 spiro atoms. The quantitative estimate of drug-likeness (QED) is 0.736. The van der Waals surface area contributed by atoms with Crippen molar-refractivity contribution in [3.8, 4) is 11.4 Å². The summed E-state index contributed by atoms with van der Waals surface area (Å²) in [6.45, 7) is 0. The molecule has 0 amide bonds. The van der Waals surface area contributed by atoms with Gasteiger partial charge in [0.1, 0.15) is 0 Å². The Bertz CT molecular complexity index is 692. The van der Waals surface area contributed by atoms with Crippen molar-refractivity contribution in [1.29, 1.82) is 0 Å². The average molecular weight is 265 g/mol. The molecule has 1 heterocycles. The molecule has 3 aromatic rings. The number of benzene rings is 2. The van der Waals surface area contributed by atoms with Crippen molar-refractivity contribution in [3.63, 3.8) is 0 Å².